The molecular weight excluding hydrogens is 418 g/mol. The van der Waals surface area contributed by atoms with E-state index in [0.29, 0.717) is 29.3 Å². The Balaban J connectivity index is 1.33. The number of fused-ring (bicyclic) bond motifs is 4. The number of aromatic nitrogens is 4. The van der Waals surface area contributed by atoms with Gasteiger partial charge in [-0.1, -0.05) is 11.3 Å². The second-order valence-electron chi connectivity index (χ2n) is 9.19. The van der Waals surface area contributed by atoms with Gasteiger partial charge in [-0.05, 0) is 51.8 Å². The molecule has 1 unspecified atom stereocenters. The molecule has 8 heteroatoms. The molecule has 6 rings (SSSR count). The second-order valence-corrected chi connectivity index (χ2v) is 10.2. The Kier molecular flexibility index (Phi) is 4.46. The number of nitriles is 1. The third kappa shape index (κ3) is 3.07. The summed E-state index contributed by atoms with van der Waals surface area (Å²) in [5.41, 5.74) is 4.81. The molecule has 32 heavy (non-hydrogen) atoms. The summed E-state index contributed by atoms with van der Waals surface area (Å²) < 4.78 is 3.03. The van der Waals surface area contributed by atoms with E-state index in [0.717, 1.165) is 32.3 Å². The minimum atomic E-state index is 0.543. The Morgan fingerprint density at radius 2 is 1.94 bits per heavy atom. The van der Waals surface area contributed by atoms with Crippen molar-refractivity contribution in [2.24, 2.45) is 0 Å². The summed E-state index contributed by atoms with van der Waals surface area (Å²) in [6, 6.07) is 8.20. The number of rotatable bonds is 3. The molecule has 0 radical (unpaired) electrons. The standard InChI is InChI=1S/C24H25N7S/c1-14-12-31-13-16(6-15(10-25)23(31)27-14)20-9-22-21(11-26-20)28-24(32-22)30(3)19-7-17-4-5-18(8-19)29(17)2/h6,9,11-13,17-19H,4-5,7-8H2,1-3H3/t17-,18+,19?. The van der Waals surface area contributed by atoms with Crippen LogP contribution in [0, 0.1) is 18.3 Å². The summed E-state index contributed by atoms with van der Waals surface area (Å²) in [4.78, 5) is 19.0. The quantitative estimate of drug-likeness (QED) is 0.471. The number of pyridine rings is 2. The molecule has 7 nitrogen and oxygen atoms in total. The zero-order valence-electron chi connectivity index (χ0n) is 18.5. The lowest BCUT2D eigenvalue weighted by Crippen LogP contribution is -2.47. The number of hydrogen-bond donors (Lipinski definition) is 0. The van der Waals surface area contributed by atoms with Crippen LogP contribution in [0.15, 0.2) is 30.7 Å². The molecule has 0 aromatic carbocycles. The van der Waals surface area contributed by atoms with Gasteiger partial charge in [0.1, 0.15) is 11.6 Å². The minimum Gasteiger partial charge on any atom is -0.348 e. The predicted molar refractivity (Wildman–Crippen MR) is 127 cm³/mol. The van der Waals surface area contributed by atoms with Gasteiger partial charge in [-0.25, -0.2) is 9.97 Å². The highest BCUT2D eigenvalue weighted by Crippen LogP contribution is 2.39. The smallest absolute Gasteiger partial charge is 0.186 e. The summed E-state index contributed by atoms with van der Waals surface area (Å²) in [6.07, 6.45) is 10.9. The van der Waals surface area contributed by atoms with Gasteiger partial charge in [0.15, 0.2) is 10.8 Å². The van der Waals surface area contributed by atoms with E-state index in [4.69, 9.17) is 4.98 Å². The van der Waals surface area contributed by atoms with Gasteiger partial charge in [0.2, 0.25) is 0 Å². The van der Waals surface area contributed by atoms with Crippen molar-refractivity contribution >= 4 is 32.3 Å². The van der Waals surface area contributed by atoms with E-state index in [1.165, 1.54) is 25.7 Å². The van der Waals surface area contributed by atoms with Gasteiger partial charge >= 0.3 is 0 Å². The Labute approximate surface area is 191 Å². The maximum Gasteiger partial charge on any atom is 0.186 e. The van der Waals surface area contributed by atoms with Crippen molar-refractivity contribution in [2.45, 2.75) is 50.7 Å². The van der Waals surface area contributed by atoms with Crippen LogP contribution in [0.25, 0.3) is 27.1 Å². The first-order valence-electron chi connectivity index (χ1n) is 11.1. The van der Waals surface area contributed by atoms with Crippen LogP contribution in [0.5, 0.6) is 0 Å². The van der Waals surface area contributed by atoms with Crippen LogP contribution in [-0.2, 0) is 0 Å². The van der Waals surface area contributed by atoms with Gasteiger partial charge in [0.25, 0.3) is 0 Å². The van der Waals surface area contributed by atoms with Crippen LogP contribution in [0.1, 0.15) is 36.9 Å². The lowest BCUT2D eigenvalue weighted by atomic mass is 9.97. The molecule has 162 valence electrons. The van der Waals surface area contributed by atoms with Crippen LogP contribution in [0.3, 0.4) is 0 Å². The van der Waals surface area contributed by atoms with E-state index in [1.54, 1.807) is 11.3 Å². The number of aryl methyl sites for hydroxylation is 1. The van der Waals surface area contributed by atoms with Crippen molar-refractivity contribution < 1.29 is 0 Å². The fraction of sp³-hybridized carbons (Fsp3) is 0.417. The van der Waals surface area contributed by atoms with Crippen LogP contribution in [0.2, 0.25) is 0 Å². The van der Waals surface area contributed by atoms with Crippen molar-refractivity contribution in [3.8, 4) is 17.3 Å². The molecule has 4 aromatic heterocycles. The maximum absolute atomic E-state index is 9.59. The van der Waals surface area contributed by atoms with Crippen LogP contribution >= 0.6 is 11.3 Å². The fourth-order valence-corrected chi connectivity index (χ4v) is 6.43. The number of imidazole rings is 1. The average molecular weight is 444 g/mol. The molecular formula is C24H25N7S. The van der Waals surface area contributed by atoms with Crippen molar-refractivity contribution in [3.05, 3.63) is 42.0 Å². The van der Waals surface area contributed by atoms with Crippen LogP contribution in [-0.4, -0.2) is 56.5 Å². The second kappa shape index (κ2) is 7.26. The third-order valence-electron chi connectivity index (χ3n) is 7.27. The molecule has 6 heterocycles. The molecule has 3 atom stereocenters. The minimum absolute atomic E-state index is 0.543. The Morgan fingerprint density at radius 3 is 2.69 bits per heavy atom. The molecule has 0 spiro atoms. The lowest BCUT2D eigenvalue weighted by Gasteiger charge is -2.40. The molecule has 4 aromatic rings. The Hall–Kier alpha value is -3.02. The zero-order valence-corrected chi connectivity index (χ0v) is 19.3. The van der Waals surface area contributed by atoms with Crippen LogP contribution < -0.4 is 4.90 Å². The van der Waals surface area contributed by atoms with Gasteiger partial charge in [-0.2, -0.15) is 5.26 Å². The largest absolute Gasteiger partial charge is 0.348 e. The van der Waals surface area contributed by atoms with Crippen molar-refractivity contribution in [2.75, 3.05) is 19.0 Å². The summed E-state index contributed by atoms with van der Waals surface area (Å²) in [6.45, 7) is 1.93. The Bertz CT molecular complexity index is 1370. The van der Waals surface area contributed by atoms with Crippen molar-refractivity contribution in [1.82, 2.24) is 24.3 Å². The Morgan fingerprint density at radius 1 is 1.16 bits per heavy atom. The SMILES string of the molecule is Cc1cn2cc(-c3cc4sc(N(C)C5C[C@H]6CC[C@@H](C5)N6C)nc4cn3)cc(C#N)c2n1. The monoisotopic (exact) mass is 443 g/mol. The van der Waals surface area contributed by atoms with Crippen molar-refractivity contribution in [1.29, 1.82) is 5.26 Å². The van der Waals surface area contributed by atoms with Gasteiger partial charge in [-0.3, -0.25) is 4.98 Å². The van der Waals surface area contributed by atoms with E-state index in [9.17, 15) is 5.26 Å². The molecule has 2 bridgehead atoms. The molecule has 2 aliphatic rings. The summed E-state index contributed by atoms with van der Waals surface area (Å²) in [5.74, 6) is 0. The predicted octanol–water partition coefficient (Wildman–Crippen LogP) is 4.25. The topological polar surface area (TPSA) is 73.3 Å². The molecule has 0 N–H and O–H groups in total. The van der Waals surface area contributed by atoms with E-state index in [-0.39, 0.29) is 0 Å². The number of nitrogens with zero attached hydrogens (tertiary/aromatic N) is 7. The normalized spacial score (nSPS) is 23.1. The molecule has 2 saturated heterocycles. The first-order valence-corrected chi connectivity index (χ1v) is 11.9. The van der Waals surface area contributed by atoms with Crippen molar-refractivity contribution in [3.63, 3.8) is 0 Å². The molecule has 0 saturated carbocycles. The highest BCUT2D eigenvalue weighted by Gasteiger charge is 2.40. The fourth-order valence-electron chi connectivity index (χ4n) is 5.43. The summed E-state index contributed by atoms with van der Waals surface area (Å²) >= 11 is 1.73. The maximum atomic E-state index is 9.59. The van der Waals surface area contributed by atoms with Gasteiger partial charge in [-0.15, -0.1) is 0 Å². The van der Waals surface area contributed by atoms with E-state index in [1.807, 2.05) is 36.0 Å². The van der Waals surface area contributed by atoms with E-state index in [2.05, 4.69) is 46.0 Å². The molecule has 0 amide bonds. The number of piperidine rings is 1. The molecule has 2 aliphatic heterocycles. The van der Waals surface area contributed by atoms with Gasteiger partial charge in [0, 0.05) is 43.1 Å². The number of hydrogen-bond acceptors (Lipinski definition) is 7. The van der Waals surface area contributed by atoms with E-state index >= 15 is 0 Å². The lowest BCUT2D eigenvalue weighted by molar-refractivity contribution is 0.161. The van der Waals surface area contributed by atoms with Crippen LogP contribution in [0.4, 0.5) is 5.13 Å². The van der Waals surface area contributed by atoms with Gasteiger partial charge in [0.05, 0.1) is 27.8 Å². The highest BCUT2D eigenvalue weighted by atomic mass is 32.1. The average Bonchev–Trinajstić information content (AvgIpc) is 3.43. The number of thiazole rings is 1. The van der Waals surface area contributed by atoms with E-state index < -0.39 is 0 Å². The summed E-state index contributed by atoms with van der Waals surface area (Å²) in [5, 5.41) is 10.7. The number of anilines is 1. The zero-order chi connectivity index (χ0) is 22.0. The first-order chi connectivity index (χ1) is 15.5. The van der Waals surface area contributed by atoms with Gasteiger partial charge < -0.3 is 14.2 Å². The summed E-state index contributed by atoms with van der Waals surface area (Å²) in [7, 11) is 4.47. The first kappa shape index (κ1) is 19.6. The third-order valence-corrected chi connectivity index (χ3v) is 8.38. The highest BCUT2D eigenvalue weighted by molar-refractivity contribution is 7.22. The molecule has 2 fully saturated rings. The molecule has 0 aliphatic carbocycles.